The first-order chi connectivity index (χ1) is 8.31. The molecule has 0 radical (unpaired) electrons. The molecule has 0 aliphatic heterocycles. The number of hydrogen-bond acceptors (Lipinski definition) is 3. The van der Waals surface area contributed by atoms with Gasteiger partial charge in [0.05, 0.1) is 0 Å². The molecule has 3 nitrogen and oxygen atoms in total. The number of rotatable bonds is 4. The Hall–Kier alpha value is -1.74. The fourth-order valence-corrected chi connectivity index (χ4v) is 1.96. The SMILES string of the molecule is CNC(Cc1cccnc1)c1cnccc1C. The van der Waals surface area contributed by atoms with E-state index in [0.717, 1.165) is 6.42 Å². The first-order valence-corrected chi connectivity index (χ1v) is 5.78. The van der Waals surface area contributed by atoms with Crippen LogP contribution in [0, 0.1) is 6.92 Å². The maximum absolute atomic E-state index is 4.20. The van der Waals surface area contributed by atoms with Crippen molar-refractivity contribution < 1.29 is 0 Å². The lowest BCUT2D eigenvalue weighted by molar-refractivity contribution is 0.586. The monoisotopic (exact) mass is 227 g/mol. The maximum Gasteiger partial charge on any atom is 0.0376 e. The molecule has 2 heterocycles. The lowest BCUT2D eigenvalue weighted by Crippen LogP contribution is -2.20. The lowest BCUT2D eigenvalue weighted by atomic mass is 9.98. The summed E-state index contributed by atoms with van der Waals surface area (Å²) < 4.78 is 0. The second-order valence-corrected chi connectivity index (χ2v) is 4.14. The molecule has 0 aliphatic carbocycles. The van der Waals surface area contributed by atoms with Crippen LogP contribution in [0.2, 0.25) is 0 Å². The zero-order chi connectivity index (χ0) is 12.1. The molecular weight excluding hydrogens is 210 g/mol. The molecule has 1 unspecified atom stereocenters. The third kappa shape index (κ3) is 2.88. The number of pyridine rings is 2. The van der Waals surface area contributed by atoms with E-state index in [4.69, 9.17) is 0 Å². The number of likely N-dealkylation sites (N-methyl/N-ethyl adjacent to an activating group) is 1. The van der Waals surface area contributed by atoms with Crippen molar-refractivity contribution in [1.82, 2.24) is 15.3 Å². The van der Waals surface area contributed by atoms with Crippen LogP contribution >= 0.6 is 0 Å². The van der Waals surface area contributed by atoms with Crippen LogP contribution in [0.1, 0.15) is 22.7 Å². The number of nitrogens with one attached hydrogen (secondary N) is 1. The van der Waals surface area contributed by atoms with Crippen molar-refractivity contribution >= 4 is 0 Å². The highest BCUT2D eigenvalue weighted by molar-refractivity contribution is 5.27. The lowest BCUT2D eigenvalue weighted by Gasteiger charge is -2.18. The van der Waals surface area contributed by atoms with E-state index >= 15 is 0 Å². The summed E-state index contributed by atoms with van der Waals surface area (Å²) in [6, 6.07) is 6.40. The van der Waals surface area contributed by atoms with Gasteiger partial charge in [0.25, 0.3) is 0 Å². The number of nitrogens with zero attached hydrogens (tertiary/aromatic N) is 2. The zero-order valence-corrected chi connectivity index (χ0v) is 10.2. The molecule has 0 aliphatic rings. The third-order valence-corrected chi connectivity index (χ3v) is 2.97. The molecule has 0 saturated heterocycles. The Morgan fingerprint density at radius 3 is 2.65 bits per heavy atom. The highest BCUT2D eigenvalue weighted by atomic mass is 14.9. The first kappa shape index (κ1) is 11.7. The molecule has 0 amide bonds. The molecular formula is C14H17N3. The molecule has 2 aromatic heterocycles. The molecule has 0 spiro atoms. The molecule has 88 valence electrons. The van der Waals surface area contributed by atoms with Gasteiger partial charge in [-0.1, -0.05) is 6.07 Å². The van der Waals surface area contributed by atoms with Gasteiger partial charge in [0.2, 0.25) is 0 Å². The van der Waals surface area contributed by atoms with Crippen LogP contribution in [0.15, 0.2) is 43.0 Å². The minimum Gasteiger partial charge on any atom is -0.313 e. The second-order valence-electron chi connectivity index (χ2n) is 4.14. The van der Waals surface area contributed by atoms with Gasteiger partial charge in [-0.3, -0.25) is 9.97 Å². The molecule has 0 bridgehead atoms. The van der Waals surface area contributed by atoms with Crippen molar-refractivity contribution in [2.24, 2.45) is 0 Å². The van der Waals surface area contributed by atoms with Gasteiger partial charge < -0.3 is 5.32 Å². The van der Waals surface area contributed by atoms with E-state index in [9.17, 15) is 0 Å². The van der Waals surface area contributed by atoms with Gasteiger partial charge in [-0.25, -0.2) is 0 Å². The van der Waals surface area contributed by atoms with Gasteiger partial charge in [0.15, 0.2) is 0 Å². The van der Waals surface area contributed by atoms with E-state index in [1.54, 1.807) is 6.20 Å². The third-order valence-electron chi connectivity index (χ3n) is 2.97. The molecule has 17 heavy (non-hydrogen) atoms. The molecule has 0 saturated carbocycles. The summed E-state index contributed by atoms with van der Waals surface area (Å²) in [6.07, 6.45) is 8.41. The fraction of sp³-hybridized carbons (Fsp3) is 0.286. The van der Waals surface area contributed by atoms with Gasteiger partial charge in [-0.2, -0.15) is 0 Å². The minimum atomic E-state index is 0.285. The molecule has 1 N–H and O–H groups in total. The summed E-state index contributed by atoms with van der Waals surface area (Å²) in [6.45, 7) is 2.12. The summed E-state index contributed by atoms with van der Waals surface area (Å²) in [4.78, 5) is 8.35. The van der Waals surface area contributed by atoms with Crippen LogP contribution in [0.3, 0.4) is 0 Å². The van der Waals surface area contributed by atoms with Gasteiger partial charge in [0.1, 0.15) is 0 Å². The van der Waals surface area contributed by atoms with Gasteiger partial charge in [0, 0.05) is 30.8 Å². The van der Waals surface area contributed by atoms with E-state index in [2.05, 4.69) is 28.3 Å². The molecule has 0 aromatic carbocycles. The smallest absolute Gasteiger partial charge is 0.0376 e. The number of aromatic nitrogens is 2. The predicted molar refractivity (Wildman–Crippen MR) is 68.7 cm³/mol. The summed E-state index contributed by atoms with van der Waals surface area (Å²) in [5.41, 5.74) is 3.75. The molecule has 2 aromatic rings. The van der Waals surface area contributed by atoms with Crippen LogP contribution in [0.4, 0.5) is 0 Å². The van der Waals surface area contributed by atoms with Crippen LogP contribution in [-0.4, -0.2) is 17.0 Å². The topological polar surface area (TPSA) is 37.8 Å². The second kappa shape index (κ2) is 5.55. The molecule has 3 heteroatoms. The molecule has 0 fully saturated rings. The molecule has 1 atom stereocenters. The van der Waals surface area contributed by atoms with Crippen LogP contribution < -0.4 is 5.32 Å². The summed E-state index contributed by atoms with van der Waals surface area (Å²) >= 11 is 0. The number of hydrogen-bond donors (Lipinski definition) is 1. The van der Waals surface area contributed by atoms with E-state index in [1.165, 1.54) is 16.7 Å². The minimum absolute atomic E-state index is 0.285. The van der Waals surface area contributed by atoms with Crippen LogP contribution in [0.25, 0.3) is 0 Å². The largest absolute Gasteiger partial charge is 0.313 e. The van der Waals surface area contributed by atoms with E-state index in [0.29, 0.717) is 0 Å². The van der Waals surface area contributed by atoms with E-state index in [1.807, 2.05) is 37.8 Å². The van der Waals surface area contributed by atoms with Crippen molar-refractivity contribution in [3.8, 4) is 0 Å². The highest BCUT2D eigenvalue weighted by Gasteiger charge is 2.12. The van der Waals surface area contributed by atoms with Crippen LogP contribution in [-0.2, 0) is 6.42 Å². The maximum atomic E-state index is 4.20. The Morgan fingerprint density at radius 1 is 1.18 bits per heavy atom. The zero-order valence-electron chi connectivity index (χ0n) is 10.2. The Morgan fingerprint density at radius 2 is 2.00 bits per heavy atom. The Bertz CT molecular complexity index is 468. The average Bonchev–Trinajstić information content (AvgIpc) is 2.38. The highest BCUT2D eigenvalue weighted by Crippen LogP contribution is 2.19. The van der Waals surface area contributed by atoms with Crippen molar-refractivity contribution in [2.75, 3.05) is 7.05 Å². The summed E-state index contributed by atoms with van der Waals surface area (Å²) in [7, 11) is 1.98. The molecule has 2 rings (SSSR count). The van der Waals surface area contributed by atoms with Gasteiger partial charge >= 0.3 is 0 Å². The van der Waals surface area contributed by atoms with Crippen molar-refractivity contribution in [3.63, 3.8) is 0 Å². The van der Waals surface area contributed by atoms with Crippen molar-refractivity contribution in [2.45, 2.75) is 19.4 Å². The van der Waals surface area contributed by atoms with Crippen molar-refractivity contribution in [3.05, 3.63) is 59.7 Å². The Kier molecular flexibility index (Phi) is 3.83. The Labute approximate surface area is 102 Å². The predicted octanol–water partition coefficient (Wildman–Crippen LogP) is 2.29. The van der Waals surface area contributed by atoms with Crippen molar-refractivity contribution in [1.29, 1.82) is 0 Å². The standard InChI is InChI=1S/C14H17N3/c1-11-5-7-17-10-13(11)14(15-2)8-12-4-3-6-16-9-12/h3-7,9-10,14-15H,8H2,1-2H3. The van der Waals surface area contributed by atoms with Gasteiger partial charge in [-0.05, 0) is 49.2 Å². The average molecular weight is 227 g/mol. The fourth-order valence-electron chi connectivity index (χ4n) is 1.96. The Balaban J connectivity index is 2.21. The normalized spacial score (nSPS) is 12.4. The van der Waals surface area contributed by atoms with E-state index in [-0.39, 0.29) is 6.04 Å². The van der Waals surface area contributed by atoms with Crippen LogP contribution in [0.5, 0.6) is 0 Å². The van der Waals surface area contributed by atoms with E-state index < -0.39 is 0 Å². The first-order valence-electron chi connectivity index (χ1n) is 5.78. The summed E-state index contributed by atoms with van der Waals surface area (Å²) in [5.74, 6) is 0. The number of aryl methyl sites for hydroxylation is 1. The summed E-state index contributed by atoms with van der Waals surface area (Å²) in [5, 5.41) is 3.34. The van der Waals surface area contributed by atoms with Gasteiger partial charge in [-0.15, -0.1) is 0 Å². The quantitative estimate of drug-likeness (QED) is 0.870.